The van der Waals surface area contributed by atoms with Crippen LogP contribution in [0.25, 0.3) is 6.08 Å². The Balaban J connectivity index is 2.23. The number of halogens is 1. The highest BCUT2D eigenvalue weighted by Crippen LogP contribution is 2.23. The molecule has 1 fully saturated rings. The molecule has 108 valence electrons. The van der Waals surface area contributed by atoms with E-state index in [1.54, 1.807) is 24.3 Å². The zero-order chi connectivity index (χ0) is 14.8. The van der Waals surface area contributed by atoms with Crippen molar-refractivity contribution < 1.29 is 13.2 Å². The number of nitrogens with two attached hydrogens (primary N) is 1. The second-order valence-electron chi connectivity index (χ2n) is 4.54. The van der Waals surface area contributed by atoms with Crippen LogP contribution in [0.1, 0.15) is 18.4 Å². The number of hydrogen-bond donors (Lipinski definition) is 1. The Bertz CT molecular complexity index is 643. The third-order valence-electron chi connectivity index (χ3n) is 3.18. The average molecular weight is 315 g/mol. The van der Waals surface area contributed by atoms with Crippen molar-refractivity contribution in [1.29, 1.82) is 0 Å². The summed E-state index contributed by atoms with van der Waals surface area (Å²) in [6, 6.07) is 6.16. The van der Waals surface area contributed by atoms with Gasteiger partial charge in [0.05, 0.1) is 0 Å². The van der Waals surface area contributed by atoms with E-state index in [4.69, 9.17) is 17.3 Å². The first-order valence-electron chi connectivity index (χ1n) is 6.15. The molecule has 2 N–H and O–H groups in total. The van der Waals surface area contributed by atoms with Crippen LogP contribution in [-0.2, 0) is 14.8 Å². The molecule has 20 heavy (non-hydrogen) atoms. The number of carbonyl (C=O) groups excluding carboxylic acids is 1. The van der Waals surface area contributed by atoms with Gasteiger partial charge in [0.25, 0.3) is 0 Å². The summed E-state index contributed by atoms with van der Waals surface area (Å²) < 4.78 is 25.6. The van der Waals surface area contributed by atoms with Crippen molar-refractivity contribution in [2.75, 3.05) is 6.54 Å². The van der Waals surface area contributed by atoms with Gasteiger partial charge in [0.15, 0.2) is 0 Å². The zero-order valence-electron chi connectivity index (χ0n) is 10.7. The lowest BCUT2D eigenvalue weighted by Gasteiger charge is -2.19. The fraction of sp³-hybridized carbons (Fsp3) is 0.308. The van der Waals surface area contributed by atoms with Crippen LogP contribution in [0, 0.1) is 0 Å². The van der Waals surface area contributed by atoms with E-state index >= 15 is 0 Å². The molecule has 1 aliphatic heterocycles. The van der Waals surface area contributed by atoms with E-state index in [1.165, 1.54) is 6.08 Å². The summed E-state index contributed by atoms with van der Waals surface area (Å²) in [5.41, 5.74) is 5.83. The maximum atomic E-state index is 12.2. The molecule has 0 aliphatic carbocycles. The smallest absolute Gasteiger partial charge is 0.236 e. The number of benzene rings is 1. The highest BCUT2D eigenvalue weighted by molar-refractivity contribution is 7.92. The lowest BCUT2D eigenvalue weighted by molar-refractivity contribution is -0.121. The molecule has 1 amide bonds. The minimum Gasteiger partial charge on any atom is -0.368 e. The van der Waals surface area contributed by atoms with Gasteiger partial charge in [-0.3, -0.25) is 4.79 Å². The molecule has 1 aromatic carbocycles. The molecule has 1 aromatic rings. The van der Waals surface area contributed by atoms with E-state index < -0.39 is 22.0 Å². The summed E-state index contributed by atoms with van der Waals surface area (Å²) in [5, 5.41) is 1.53. The third-order valence-corrected chi connectivity index (χ3v) is 5.10. The molecule has 7 heteroatoms. The predicted octanol–water partition coefficient (Wildman–Crippen LogP) is 1.59. The van der Waals surface area contributed by atoms with Gasteiger partial charge in [0, 0.05) is 17.0 Å². The molecular formula is C13H15ClN2O3S. The Morgan fingerprint density at radius 1 is 1.40 bits per heavy atom. The van der Waals surface area contributed by atoms with Crippen LogP contribution in [0.3, 0.4) is 0 Å². The second-order valence-corrected chi connectivity index (χ2v) is 6.72. The Morgan fingerprint density at radius 2 is 2.10 bits per heavy atom. The number of hydrogen-bond acceptors (Lipinski definition) is 3. The lowest BCUT2D eigenvalue weighted by Crippen LogP contribution is -2.42. The third kappa shape index (κ3) is 3.20. The van der Waals surface area contributed by atoms with Crippen molar-refractivity contribution in [2.24, 2.45) is 5.73 Å². The summed E-state index contributed by atoms with van der Waals surface area (Å²) in [6.45, 7) is 0.308. The topological polar surface area (TPSA) is 80.5 Å². The number of nitrogens with zero attached hydrogens (tertiary/aromatic N) is 1. The first kappa shape index (κ1) is 15.0. The Kier molecular flexibility index (Phi) is 4.47. The van der Waals surface area contributed by atoms with Gasteiger partial charge in [-0.1, -0.05) is 29.8 Å². The van der Waals surface area contributed by atoms with Crippen molar-refractivity contribution in [3.8, 4) is 0 Å². The van der Waals surface area contributed by atoms with Gasteiger partial charge in [0.1, 0.15) is 6.04 Å². The molecule has 1 atom stereocenters. The fourth-order valence-corrected chi connectivity index (χ4v) is 3.80. The SMILES string of the molecule is NC(=O)[C@@H]1CCCN1S(=O)(=O)/C=C\c1ccccc1Cl. The molecule has 0 bridgehead atoms. The summed E-state index contributed by atoms with van der Waals surface area (Å²) in [7, 11) is -3.68. The van der Waals surface area contributed by atoms with Crippen LogP contribution in [0.5, 0.6) is 0 Å². The van der Waals surface area contributed by atoms with Gasteiger partial charge in [-0.05, 0) is 30.5 Å². The molecule has 0 spiro atoms. The maximum Gasteiger partial charge on any atom is 0.236 e. The summed E-state index contributed by atoms with van der Waals surface area (Å²) >= 11 is 5.96. The van der Waals surface area contributed by atoms with Gasteiger partial charge < -0.3 is 5.73 Å². The van der Waals surface area contributed by atoms with Gasteiger partial charge in [-0.25, -0.2) is 8.42 Å². The van der Waals surface area contributed by atoms with Crippen molar-refractivity contribution in [3.63, 3.8) is 0 Å². The summed E-state index contributed by atoms with van der Waals surface area (Å²) in [4.78, 5) is 11.3. The van der Waals surface area contributed by atoms with E-state index in [2.05, 4.69) is 0 Å². The molecule has 1 aliphatic rings. The Labute approximate surface area is 123 Å². The Morgan fingerprint density at radius 3 is 2.75 bits per heavy atom. The molecular weight excluding hydrogens is 300 g/mol. The minimum absolute atomic E-state index is 0.308. The van der Waals surface area contributed by atoms with Gasteiger partial charge in [-0.15, -0.1) is 0 Å². The summed E-state index contributed by atoms with van der Waals surface area (Å²) in [5.74, 6) is -0.614. The van der Waals surface area contributed by atoms with Crippen LogP contribution in [-0.4, -0.2) is 31.2 Å². The van der Waals surface area contributed by atoms with Gasteiger partial charge >= 0.3 is 0 Å². The zero-order valence-corrected chi connectivity index (χ0v) is 12.3. The number of sulfonamides is 1. The van der Waals surface area contributed by atoms with E-state index in [0.717, 1.165) is 9.71 Å². The molecule has 1 saturated heterocycles. The molecule has 0 unspecified atom stereocenters. The molecule has 5 nitrogen and oxygen atoms in total. The van der Waals surface area contributed by atoms with Crippen LogP contribution in [0.15, 0.2) is 29.7 Å². The number of amides is 1. The van der Waals surface area contributed by atoms with Crippen molar-refractivity contribution in [2.45, 2.75) is 18.9 Å². The van der Waals surface area contributed by atoms with E-state index in [9.17, 15) is 13.2 Å². The van der Waals surface area contributed by atoms with E-state index in [0.29, 0.717) is 30.0 Å². The average Bonchev–Trinajstić information content (AvgIpc) is 2.88. The molecule has 0 aromatic heterocycles. The predicted molar refractivity (Wildman–Crippen MR) is 78.3 cm³/mol. The monoisotopic (exact) mass is 314 g/mol. The number of rotatable bonds is 4. The van der Waals surface area contributed by atoms with Crippen molar-refractivity contribution >= 4 is 33.6 Å². The van der Waals surface area contributed by atoms with E-state index in [1.807, 2.05) is 0 Å². The van der Waals surface area contributed by atoms with Crippen molar-refractivity contribution in [3.05, 3.63) is 40.3 Å². The first-order valence-corrected chi connectivity index (χ1v) is 8.04. The number of carbonyl (C=O) groups is 1. The summed E-state index contributed by atoms with van der Waals surface area (Å²) in [6.07, 6.45) is 2.52. The number of primary amides is 1. The standard InChI is InChI=1S/C13H15ClN2O3S/c14-11-5-2-1-4-10(11)7-9-20(18,19)16-8-3-6-12(16)13(15)17/h1-2,4-5,7,9,12H,3,6,8H2,(H2,15,17)/b9-7-/t12-/m0/s1. The molecule has 0 radical (unpaired) electrons. The van der Waals surface area contributed by atoms with Crippen LogP contribution in [0.2, 0.25) is 5.02 Å². The van der Waals surface area contributed by atoms with Crippen LogP contribution in [0.4, 0.5) is 0 Å². The maximum absolute atomic E-state index is 12.2. The molecule has 1 heterocycles. The van der Waals surface area contributed by atoms with Crippen LogP contribution >= 0.6 is 11.6 Å². The quantitative estimate of drug-likeness (QED) is 0.916. The normalized spacial score (nSPS) is 20.6. The molecule has 2 rings (SSSR count). The van der Waals surface area contributed by atoms with E-state index in [-0.39, 0.29) is 0 Å². The highest BCUT2D eigenvalue weighted by atomic mass is 35.5. The fourth-order valence-electron chi connectivity index (χ4n) is 2.18. The second kappa shape index (κ2) is 5.95. The highest BCUT2D eigenvalue weighted by Gasteiger charge is 2.36. The molecule has 0 saturated carbocycles. The minimum atomic E-state index is -3.68. The first-order chi connectivity index (χ1) is 9.42. The van der Waals surface area contributed by atoms with Crippen molar-refractivity contribution in [1.82, 2.24) is 4.31 Å². The van der Waals surface area contributed by atoms with Gasteiger partial charge in [0.2, 0.25) is 15.9 Å². The lowest BCUT2D eigenvalue weighted by atomic mass is 10.2. The van der Waals surface area contributed by atoms with Crippen LogP contribution < -0.4 is 5.73 Å². The largest absolute Gasteiger partial charge is 0.368 e. The Hall–Kier alpha value is -1.37. The van der Waals surface area contributed by atoms with Gasteiger partial charge in [-0.2, -0.15) is 4.31 Å².